The van der Waals surface area contributed by atoms with Gasteiger partial charge in [-0.3, -0.25) is 4.79 Å². The fourth-order valence-electron chi connectivity index (χ4n) is 5.06. The molecule has 10 heteroatoms. The summed E-state index contributed by atoms with van der Waals surface area (Å²) >= 11 is 0. The van der Waals surface area contributed by atoms with Crippen LogP contribution in [0.2, 0.25) is 0 Å². The van der Waals surface area contributed by atoms with E-state index in [1.807, 2.05) is 12.2 Å². The van der Waals surface area contributed by atoms with Gasteiger partial charge < -0.3 is 15.4 Å². The monoisotopic (exact) mass is 502 g/mol. The maximum absolute atomic E-state index is 13.3. The highest BCUT2D eigenvalue weighted by Crippen LogP contribution is 2.40. The van der Waals surface area contributed by atoms with Crippen LogP contribution >= 0.6 is 0 Å². The molecule has 35 heavy (non-hydrogen) atoms. The number of hydrogen-bond acceptors (Lipinski definition) is 3. The third-order valence-electron chi connectivity index (χ3n) is 7.24. The van der Waals surface area contributed by atoms with Crippen molar-refractivity contribution >= 4 is 5.91 Å². The highest BCUT2D eigenvalue weighted by Gasteiger charge is 2.47. The van der Waals surface area contributed by atoms with Gasteiger partial charge in [-0.15, -0.1) is 0 Å². The number of halogens is 6. The van der Waals surface area contributed by atoms with E-state index >= 15 is 0 Å². The Balaban J connectivity index is 1.56. The first-order valence-electron chi connectivity index (χ1n) is 11.7. The zero-order valence-electron chi connectivity index (χ0n) is 19.3. The number of carbonyl (C=O) groups is 1. The number of piperidine rings is 1. The Kier molecular flexibility index (Phi) is 6.83. The van der Waals surface area contributed by atoms with E-state index in [0.29, 0.717) is 44.4 Å². The molecule has 2 saturated heterocycles. The fraction of sp³-hybridized carbons (Fsp3) is 0.560. The summed E-state index contributed by atoms with van der Waals surface area (Å²) in [6.07, 6.45) is -0.550. The van der Waals surface area contributed by atoms with Crippen LogP contribution in [0.5, 0.6) is 0 Å². The summed E-state index contributed by atoms with van der Waals surface area (Å²) in [5.74, 6) is 0.00552. The van der Waals surface area contributed by atoms with Crippen LogP contribution in [0.25, 0.3) is 0 Å². The van der Waals surface area contributed by atoms with Crippen LogP contribution in [0.1, 0.15) is 68.2 Å². The SMILES string of the molecule is C[C@@H](OC[C@@]1(C2=CCCC=C2)CC[C@]2(CCC(=O)N2)CN1)c1cc(C(F)(F)F)cc(C(F)(F)F)c1. The maximum Gasteiger partial charge on any atom is 0.416 e. The van der Waals surface area contributed by atoms with E-state index in [4.69, 9.17) is 4.74 Å². The van der Waals surface area contributed by atoms with E-state index in [-0.39, 0.29) is 29.7 Å². The van der Waals surface area contributed by atoms with Gasteiger partial charge in [0.2, 0.25) is 5.91 Å². The van der Waals surface area contributed by atoms with Crippen molar-refractivity contribution in [3.8, 4) is 0 Å². The maximum atomic E-state index is 13.3. The molecule has 2 heterocycles. The van der Waals surface area contributed by atoms with E-state index in [1.165, 1.54) is 6.92 Å². The third kappa shape index (κ3) is 5.58. The highest BCUT2D eigenvalue weighted by atomic mass is 19.4. The Morgan fingerprint density at radius 1 is 1.00 bits per heavy atom. The number of benzene rings is 1. The molecule has 1 aromatic rings. The minimum absolute atomic E-state index is 0.00552. The van der Waals surface area contributed by atoms with Gasteiger partial charge in [-0.05, 0) is 68.4 Å². The van der Waals surface area contributed by atoms with Gasteiger partial charge in [-0.1, -0.05) is 18.2 Å². The number of rotatable bonds is 5. The summed E-state index contributed by atoms with van der Waals surface area (Å²) in [6.45, 7) is 2.02. The predicted molar refractivity (Wildman–Crippen MR) is 117 cm³/mol. The van der Waals surface area contributed by atoms with Crippen molar-refractivity contribution in [2.75, 3.05) is 13.2 Å². The standard InChI is InChI=1S/C25H28F6N2O2/c1-16(17-11-19(24(26,27)28)13-20(12-17)25(29,30)31)35-15-23(18-5-3-2-4-6-18)10-9-22(14-32-23)8-7-21(34)33-22/h3,5-6,11-13,16,32H,2,4,7-10,14-15H2,1H3,(H,33,34)/t16-,22-,23-/m1/s1. The van der Waals surface area contributed by atoms with Gasteiger partial charge in [0.1, 0.15) is 0 Å². The van der Waals surface area contributed by atoms with Gasteiger partial charge >= 0.3 is 12.4 Å². The van der Waals surface area contributed by atoms with Crippen LogP contribution in [0.3, 0.4) is 0 Å². The molecule has 4 rings (SSSR count). The number of allylic oxidation sites excluding steroid dienone is 2. The van der Waals surface area contributed by atoms with Crippen molar-refractivity contribution in [2.24, 2.45) is 0 Å². The lowest BCUT2D eigenvalue weighted by Crippen LogP contribution is -2.64. The van der Waals surface area contributed by atoms with Crippen LogP contribution in [-0.4, -0.2) is 30.1 Å². The summed E-state index contributed by atoms with van der Waals surface area (Å²) in [6, 6.07) is 1.54. The first-order valence-corrected chi connectivity index (χ1v) is 11.7. The van der Waals surface area contributed by atoms with E-state index in [2.05, 4.69) is 16.7 Å². The van der Waals surface area contributed by atoms with Crippen molar-refractivity contribution in [3.63, 3.8) is 0 Å². The van der Waals surface area contributed by atoms with E-state index in [1.54, 1.807) is 0 Å². The van der Waals surface area contributed by atoms with Crippen LogP contribution in [0.15, 0.2) is 42.0 Å². The topological polar surface area (TPSA) is 50.4 Å². The van der Waals surface area contributed by atoms with E-state index in [9.17, 15) is 31.1 Å². The minimum Gasteiger partial charge on any atom is -0.372 e. The van der Waals surface area contributed by atoms with Crippen LogP contribution in [-0.2, 0) is 21.9 Å². The molecule has 3 atom stereocenters. The molecule has 1 amide bonds. The van der Waals surface area contributed by atoms with Gasteiger partial charge in [0.05, 0.1) is 34.9 Å². The average Bonchev–Trinajstić information content (AvgIpc) is 3.18. The van der Waals surface area contributed by atoms with Gasteiger partial charge in [0.15, 0.2) is 0 Å². The van der Waals surface area contributed by atoms with Crippen LogP contribution in [0.4, 0.5) is 26.3 Å². The smallest absolute Gasteiger partial charge is 0.372 e. The van der Waals surface area contributed by atoms with E-state index < -0.39 is 35.1 Å². The van der Waals surface area contributed by atoms with Gasteiger partial charge in [-0.25, -0.2) is 0 Å². The lowest BCUT2D eigenvalue weighted by Gasteiger charge is -2.47. The minimum atomic E-state index is -4.92. The second kappa shape index (κ2) is 9.28. The zero-order chi connectivity index (χ0) is 25.5. The summed E-state index contributed by atoms with van der Waals surface area (Å²) in [5.41, 5.74) is -2.92. The number of hydrogen-bond donors (Lipinski definition) is 2. The van der Waals surface area contributed by atoms with Gasteiger partial charge in [-0.2, -0.15) is 26.3 Å². The van der Waals surface area contributed by atoms with Crippen molar-refractivity contribution in [3.05, 3.63) is 58.7 Å². The molecule has 1 spiro atoms. The van der Waals surface area contributed by atoms with Crippen molar-refractivity contribution < 1.29 is 35.9 Å². The molecule has 192 valence electrons. The number of amides is 1. The second-order valence-corrected chi connectivity index (χ2v) is 9.70. The first kappa shape index (κ1) is 25.8. The summed E-state index contributed by atoms with van der Waals surface area (Å²) in [7, 11) is 0. The van der Waals surface area contributed by atoms with Gasteiger partial charge in [0.25, 0.3) is 0 Å². The molecule has 0 radical (unpaired) electrons. The van der Waals surface area contributed by atoms with E-state index in [0.717, 1.165) is 18.4 Å². The Labute approximate surface area is 199 Å². The molecular weight excluding hydrogens is 474 g/mol. The lowest BCUT2D eigenvalue weighted by atomic mass is 9.74. The van der Waals surface area contributed by atoms with Crippen molar-refractivity contribution in [1.82, 2.24) is 10.6 Å². The number of alkyl halides is 6. The quantitative estimate of drug-likeness (QED) is 0.497. The van der Waals surface area contributed by atoms with Crippen LogP contribution in [0, 0.1) is 0 Å². The molecular formula is C25H28F6N2O2. The summed E-state index contributed by atoms with van der Waals surface area (Å²) in [4.78, 5) is 11.8. The number of carbonyl (C=O) groups excluding carboxylic acids is 1. The predicted octanol–water partition coefficient (Wildman–Crippen LogP) is 5.85. The third-order valence-corrected chi connectivity index (χ3v) is 7.24. The normalized spacial score (nSPS) is 28.2. The van der Waals surface area contributed by atoms with Gasteiger partial charge in [0, 0.05) is 13.0 Å². The largest absolute Gasteiger partial charge is 0.416 e. The fourth-order valence-corrected chi connectivity index (χ4v) is 5.06. The van der Waals surface area contributed by atoms with Crippen molar-refractivity contribution in [2.45, 2.75) is 75.0 Å². The van der Waals surface area contributed by atoms with Crippen LogP contribution < -0.4 is 10.6 Å². The molecule has 4 nitrogen and oxygen atoms in total. The molecule has 0 saturated carbocycles. The Morgan fingerprint density at radius 2 is 1.69 bits per heavy atom. The Morgan fingerprint density at radius 3 is 2.17 bits per heavy atom. The first-order chi connectivity index (χ1) is 16.3. The molecule has 3 aliphatic rings. The molecule has 2 fully saturated rings. The Bertz CT molecular complexity index is 988. The molecule has 1 aromatic carbocycles. The lowest BCUT2D eigenvalue weighted by molar-refractivity contribution is -0.143. The second-order valence-electron chi connectivity index (χ2n) is 9.70. The zero-order valence-corrected chi connectivity index (χ0v) is 19.3. The molecule has 0 unspecified atom stereocenters. The summed E-state index contributed by atoms with van der Waals surface area (Å²) in [5, 5.41) is 6.56. The van der Waals surface area contributed by atoms with Crippen molar-refractivity contribution in [1.29, 1.82) is 0 Å². The molecule has 2 N–H and O–H groups in total. The highest BCUT2D eigenvalue weighted by molar-refractivity contribution is 5.79. The average molecular weight is 502 g/mol. The molecule has 1 aliphatic carbocycles. The molecule has 2 aliphatic heterocycles. The Hall–Kier alpha value is -2.33. The molecule has 0 bridgehead atoms. The number of nitrogens with one attached hydrogen (secondary N) is 2. The molecule has 0 aromatic heterocycles. The summed E-state index contributed by atoms with van der Waals surface area (Å²) < 4.78 is 85.7. The number of ether oxygens (including phenoxy) is 1.